The quantitative estimate of drug-likeness (QED) is 0.131. The number of rotatable bonds is 13. The molecular formula is C25H46O6. The summed E-state index contributed by atoms with van der Waals surface area (Å²) in [6.07, 6.45) is 9.57. The molecule has 182 valence electrons. The van der Waals surface area contributed by atoms with Gasteiger partial charge in [0, 0.05) is 6.42 Å². The zero-order chi connectivity index (χ0) is 23.8. The highest BCUT2D eigenvalue weighted by atomic mass is 17.4. The van der Waals surface area contributed by atoms with Crippen molar-refractivity contribution >= 4 is 11.9 Å². The second-order valence-corrected chi connectivity index (χ2v) is 11.9. The number of carbonyl (C=O) groups is 2. The largest absolute Gasteiger partial charge is 0.420 e. The maximum atomic E-state index is 12.8. The van der Waals surface area contributed by atoms with Gasteiger partial charge >= 0.3 is 17.7 Å². The lowest BCUT2D eigenvalue weighted by Crippen LogP contribution is -2.34. The minimum absolute atomic E-state index is 0.240. The molecule has 0 N–H and O–H groups in total. The molecule has 1 rings (SSSR count). The van der Waals surface area contributed by atoms with Crippen LogP contribution in [0.3, 0.4) is 0 Å². The van der Waals surface area contributed by atoms with Gasteiger partial charge in [0.1, 0.15) is 0 Å². The van der Waals surface area contributed by atoms with Gasteiger partial charge in [-0.3, -0.25) is 0 Å². The molecule has 6 heteroatoms. The van der Waals surface area contributed by atoms with Crippen molar-refractivity contribution in [1.82, 2.24) is 0 Å². The third kappa shape index (κ3) is 10.8. The lowest BCUT2D eigenvalue weighted by atomic mass is 9.79. The Balaban J connectivity index is 2.51. The van der Waals surface area contributed by atoms with Gasteiger partial charge in [0.05, 0.1) is 5.41 Å². The Morgan fingerprint density at radius 2 is 1.19 bits per heavy atom. The summed E-state index contributed by atoms with van der Waals surface area (Å²) in [4.78, 5) is 44.9. The van der Waals surface area contributed by atoms with Gasteiger partial charge in [-0.2, -0.15) is 9.78 Å². The van der Waals surface area contributed by atoms with Crippen molar-refractivity contribution < 1.29 is 29.1 Å². The molecule has 1 aliphatic heterocycles. The molecule has 6 nitrogen and oxygen atoms in total. The van der Waals surface area contributed by atoms with E-state index in [1.165, 1.54) is 0 Å². The van der Waals surface area contributed by atoms with Crippen LogP contribution in [-0.2, 0) is 29.1 Å². The Labute approximate surface area is 189 Å². The third-order valence-corrected chi connectivity index (χ3v) is 5.95. The van der Waals surface area contributed by atoms with Gasteiger partial charge in [0.15, 0.2) is 0 Å². The molecule has 1 saturated heterocycles. The fourth-order valence-electron chi connectivity index (χ4n) is 3.62. The molecule has 31 heavy (non-hydrogen) atoms. The van der Waals surface area contributed by atoms with Crippen LogP contribution in [0.5, 0.6) is 0 Å². The molecule has 0 aromatic carbocycles. The van der Waals surface area contributed by atoms with E-state index in [1.54, 1.807) is 0 Å². The summed E-state index contributed by atoms with van der Waals surface area (Å²) >= 11 is 0. The molecule has 0 radical (unpaired) electrons. The normalized spacial score (nSPS) is 17.7. The summed E-state index contributed by atoms with van der Waals surface area (Å²) in [7, 11) is 0. The number of hydrogen-bond acceptors (Lipinski definition) is 6. The molecule has 1 aliphatic rings. The van der Waals surface area contributed by atoms with E-state index in [1.807, 2.05) is 6.92 Å². The van der Waals surface area contributed by atoms with Crippen LogP contribution >= 0.6 is 0 Å². The van der Waals surface area contributed by atoms with Gasteiger partial charge in [0.2, 0.25) is 0 Å². The van der Waals surface area contributed by atoms with Crippen LogP contribution < -0.4 is 0 Å². The third-order valence-electron chi connectivity index (χ3n) is 5.95. The van der Waals surface area contributed by atoms with Gasteiger partial charge in [-0.25, -0.2) is 19.4 Å². The van der Waals surface area contributed by atoms with Gasteiger partial charge in [-0.15, -0.1) is 0 Å². The monoisotopic (exact) mass is 442 g/mol. The van der Waals surface area contributed by atoms with Gasteiger partial charge in [0.25, 0.3) is 0 Å². The summed E-state index contributed by atoms with van der Waals surface area (Å²) in [5.41, 5.74) is -0.148. The molecule has 0 spiro atoms. The van der Waals surface area contributed by atoms with Crippen LogP contribution in [0.1, 0.15) is 126 Å². The predicted molar refractivity (Wildman–Crippen MR) is 121 cm³/mol. The lowest BCUT2D eigenvalue weighted by Gasteiger charge is -2.27. The first-order valence-corrected chi connectivity index (χ1v) is 12.0. The predicted octanol–water partition coefficient (Wildman–Crippen LogP) is 7.06. The first kappa shape index (κ1) is 27.9. The highest BCUT2D eigenvalue weighted by molar-refractivity contribution is 5.81. The highest BCUT2D eigenvalue weighted by Crippen LogP contribution is 2.38. The SMILES string of the molecule is CCCCC(C)(CCCCC(C)(C)C)C(=O)OOC(=O)C1(CCCCC(C)(C)C)OO1. The summed E-state index contributed by atoms with van der Waals surface area (Å²) in [5, 5.41) is 0. The van der Waals surface area contributed by atoms with E-state index in [0.717, 1.165) is 51.4 Å². The zero-order valence-corrected chi connectivity index (χ0v) is 21.2. The molecule has 1 heterocycles. The first-order chi connectivity index (χ1) is 14.2. The van der Waals surface area contributed by atoms with E-state index in [0.29, 0.717) is 19.3 Å². The second kappa shape index (κ2) is 11.6. The fraction of sp³-hybridized carbons (Fsp3) is 0.920. The Hall–Kier alpha value is -1.14. The van der Waals surface area contributed by atoms with Crippen molar-refractivity contribution in [2.45, 2.75) is 132 Å². The molecule has 0 aliphatic carbocycles. The second-order valence-electron chi connectivity index (χ2n) is 11.9. The van der Waals surface area contributed by atoms with Crippen LogP contribution in [0.25, 0.3) is 0 Å². The van der Waals surface area contributed by atoms with E-state index < -0.39 is 23.1 Å². The smallest absolute Gasteiger partial charge is 0.247 e. The number of carbonyl (C=O) groups excluding carboxylic acids is 2. The Bertz CT molecular complexity index is 568. The van der Waals surface area contributed by atoms with Crippen molar-refractivity contribution in [3.8, 4) is 0 Å². The first-order valence-electron chi connectivity index (χ1n) is 12.0. The number of unbranched alkanes of at least 4 members (excludes halogenated alkanes) is 3. The minimum atomic E-state index is -1.41. The standard InChI is InChI=1S/C25H46O6/c1-9-10-17-24(8,18-13-11-15-22(2,3)4)20(26)28-29-21(27)25(30-31-25)19-14-12-16-23(5,6)7/h9-19H2,1-8H3. The average Bonchev–Trinajstić information content (AvgIpc) is 3.44. The summed E-state index contributed by atoms with van der Waals surface area (Å²) in [5.74, 6) is -2.69. The molecule has 0 saturated carbocycles. The fourth-order valence-corrected chi connectivity index (χ4v) is 3.62. The van der Waals surface area contributed by atoms with E-state index in [9.17, 15) is 9.59 Å². The van der Waals surface area contributed by atoms with Crippen molar-refractivity contribution in [3.05, 3.63) is 0 Å². The van der Waals surface area contributed by atoms with Crippen molar-refractivity contribution in [3.63, 3.8) is 0 Å². The molecule has 0 amide bonds. The van der Waals surface area contributed by atoms with Crippen molar-refractivity contribution in [2.24, 2.45) is 16.2 Å². The van der Waals surface area contributed by atoms with Crippen LogP contribution in [0.15, 0.2) is 0 Å². The summed E-state index contributed by atoms with van der Waals surface area (Å²) in [6.45, 7) is 17.2. The lowest BCUT2D eigenvalue weighted by molar-refractivity contribution is -0.271. The van der Waals surface area contributed by atoms with Gasteiger partial charge < -0.3 is 0 Å². The van der Waals surface area contributed by atoms with Crippen LogP contribution in [0.4, 0.5) is 0 Å². The summed E-state index contributed by atoms with van der Waals surface area (Å²) in [6, 6.07) is 0. The van der Waals surface area contributed by atoms with Crippen LogP contribution in [0.2, 0.25) is 0 Å². The van der Waals surface area contributed by atoms with E-state index in [4.69, 9.17) is 19.6 Å². The molecule has 1 fully saturated rings. The molecule has 0 bridgehead atoms. The molecular weight excluding hydrogens is 396 g/mol. The van der Waals surface area contributed by atoms with Crippen molar-refractivity contribution in [1.29, 1.82) is 0 Å². The average molecular weight is 443 g/mol. The minimum Gasteiger partial charge on any atom is -0.247 e. The molecule has 1 unspecified atom stereocenters. The highest BCUT2D eigenvalue weighted by Gasteiger charge is 2.59. The molecule has 0 aromatic heterocycles. The van der Waals surface area contributed by atoms with Crippen molar-refractivity contribution in [2.75, 3.05) is 0 Å². The molecule has 0 aromatic rings. The Morgan fingerprint density at radius 3 is 1.68 bits per heavy atom. The molecule has 1 atom stereocenters. The van der Waals surface area contributed by atoms with E-state index in [2.05, 4.69) is 48.5 Å². The topological polar surface area (TPSA) is 77.7 Å². The number of hydrogen-bond donors (Lipinski definition) is 0. The van der Waals surface area contributed by atoms with Gasteiger partial charge in [-0.05, 0) is 49.9 Å². The van der Waals surface area contributed by atoms with Crippen LogP contribution in [-0.4, -0.2) is 17.7 Å². The maximum absolute atomic E-state index is 12.8. The Morgan fingerprint density at radius 1 is 0.710 bits per heavy atom. The van der Waals surface area contributed by atoms with Gasteiger partial charge in [-0.1, -0.05) is 80.6 Å². The van der Waals surface area contributed by atoms with Crippen LogP contribution in [0, 0.1) is 16.2 Å². The Kier molecular flexibility index (Phi) is 10.5. The zero-order valence-electron chi connectivity index (χ0n) is 21.2. The summed E-state index contributed by atoms with van der Waals surface area (Å²) < 4.78 is 0. The van der Waals surface area contributed by atoms with E-state index in [-0.39, 0.29) is 10.8 Å². The maximum Gasteiger partial charge on any atom is 0.420 e. The van der Waals surface area contributed by atoms with E-state index >= 15 is 0 Å².